The van der Waals surface area contributed by atoms with E-state index in [1.165, 1.54) is 63.4 Å². The van der Waals surface area contributed by atoms with E-state index in [1.807, 2.05) is 0 Å². The van der Waals surface area contributed by atoms with Gasteiger partial charge in [-0.05, 0) is 46.9 Å². The summed E-state index contributed by atoms with van der Waals surface area (Å²) < 4.78 is 0. The number of hydrogen-bond donors (Lipinski definition) is 0. The van der Waals surface area contributed by atoms with E-state index in [9.17, 15) is 0 Å². The summed E-state index contributed by atoms with van der Waals surface area (Å²) in [5.41, 5.74) is 6.82. The predicted molar refractivity (Wildman–Crippen MR) is 97.4 cm³/mol. The molecule has 0 radical (unpaired) electrons. The summed E-state index contributed by atoms with van der Waals surface area (Å²) >= 11 is 0. The van der Waals surface area contributed by atoms with Crippen molar-refractivity contribution in [3.63, 3.8) is 0 Å². The zero-order valence-electron chi connectivity index (χ0n) is 15.3. The van der Waals surface area contributed by atoms with E-state index in [0.29, 0.717) is 11.3 Å². The van der Waals surface area contributed by atoms with Crippen LogP contribution in [0, 0.1) is 5.41 Å². The summed E-state index contributed by atoms with van der Waals surface area (Å²) in [5, 5.41) is 0. The van der Waals surface area contributed by atoms with Crippen LogP contribution in [-0.2, 0) is 38.7 Å². The van der Waals surface area contributed by atoms with Gasteiger partial charge in [-0.2, -0.15) is 0 Å². The smallest absolute Gasteiger partial charge is 0.00273 e. The summed E-state index contributed by atoms with van der Waals surface area (Å²) in [6.07, 6.45) is 17.1. The molecule has 0 nitrogen and oxygen atoms in total. The van der Waals surface area contributed by atoms with Crippen LogP contribution in [0.25, 0.3) is 6.08 Å². The molecule has 0 saturated heterocycles. The number of benzene rings is 1. The fourth-order valence-electron chi connectivity index (χ4n) is 4.34. The predicted octanol–water partition coefficient (Wildman–Crippen LogP) is 6.67. The van der Waals surface area contributed by atoms with Gasteiger partial charge in [0.2, 0.25) is 0 Å². The van der Waals surface area contributed by atoms with Crippen LogP contribution in [0.15, 0.2) is 18.2 Å². The van der Waals surface area contributed by atoms with Gasteiger partial charge in [0.1, 0.15) is 0 Å². The first kappa shape index (κ1) is 19.2. The maximum atomic E-state index is 2.54. The minimum Gasteiger partial charge on any atom is -0.0764 e. The monoisotopic (exact) mass is 476 g/mol. The van der Waals surface area contributed by atoms with Crippen molar-refractivity contribution in [1.29, 1.82) is 0 Å². The first-order valence-corrected chi connectivity index (χ1v) is 9.43. The van der Waals surface area contributed by atoms with E-state index < -0.39 is 0 Å². The normalized spacial score (nSPS) is 20.2. The number of allylic oxidation sites excluding steroid dienone is 1. The molecular formula is C22H32Hf. The molecule has 0 bridgehead atoms. The molecule has 1 aromatic rings. The summed E-state index contributed by atoms with van der Waals surface area (Å²) in [5.74, 6) is 0.690. The molecule has 0 fully saturated rings. The average molecular weight is 475 g/mol. The Morgan fingerprint density at radius 2 is 1.61 bits per heavy atom. The molecule has 2 aliphatic rings. The van der Waals surface area contributed by atoms with E-state index >= 15 is 0 Å². The van der Waals surface area contributed by atoms with Crippen molar-refractivity contribution < 1.29 is 25.8 Å². The Labute approximate surface area is 161 Å². The van der Waals surface area contributed by atoms with Gasteiger partial charge >= 0.3 is 0 Å². The van der Waals surface area contributed by atoms with Crippen LogP contribution in [0.5, 0.6) is 0 Å². The van der Waals surface area contributed by atoms with E-state index in [0.717, 1.165) is 0 Å². The van der Waals surface area contributed by atoms with Crippen LogP contribution in [0.4, 0.5) is 0 Å². The number of fused-ring (bicyclic) bond motifs is 2. The van der Waals surface area contributed by atoms with Crippen molar-refractivity contribution >= 4 is 6.08 Å². The first-order valence-electron chi connectivity index (χ1n) is 9.43. The maximum Gasteiger partial charge on any atom is 0.00273 e. The molecule has 1 heteroatoms. The number of rotatable bonds is 7. The molecular weight excluding hydrogens is 443 g/mol. The molecule has 0 heterocycles. The molecule has 1 atom stereocenters. The second kappa shape index (κ2) is 8.28. The van der Waals surface area contributed by atoms with Crippen molar-refractivity contribution in [2.45, 2.75) is 84.5 Å². The maximum absolute atomic E-state index is 2.54. The third-order valence-corrected chi connectivity index (χ3v) is 5.52. The fraction of sp³-hybridized carbons (Fsp3) is 0.636. The van der Waals surface area contributed by atoms with Gasteiger partial charge in [-0.1, -0.05) is 83.6 Å². The third-order valence-electron chi connectivity index (χ3n) is 5.52. The van der Waals surface area contributed by atoms with Crippen LogP contribution >= 0.6 is 0 Å². The van der Waals surface area contributed by atoms with E-state index in [1.54, 1.807) is 16.7 Å². The molecule has 0 aliphatic heterocycles. The van der Waals surface area contributed by atoms with Crippen LogP contribution in [0.2, 0.25) is 0 Å². The molecule has 0 aromatic heterocycles. The minimum atomic E-state index is 0. The van der Waals surface area contributed by atoms with Crippen molar-refractivity contribution in [3.05, 3.63) is 40.5 Å². The van der Waals surface area contributed by atoms with Gasteiger partial charge in [0.15, 0.2) is 0 Å². The Morgan fingerprint density at radius 1 is 0.957 bits per heavy atom. The zero-order chi connectivity index (χ0) is 15.6. The molecule has 0 N–H and O–H groups in total. The van der Waals surface area contributed by atoms with Crippen LogP contribution in [-0.4, -0.2) is 0 Å². The first-order chi connectivity index (χ1) is 10.6. The molecule has 3 rings (SSSR count). The standard InChI is InChI=1S/C22H32.Hf/c1-4-5-6-7-8-9-10-17-11-12-18-13-19-15-22(2,3)16-20(19)14-21(17)18;/h11-14,17H,4-10,15-16H2,1-3H3;. The largest absolute Gasteiger partial charge is 0.0764 e. The SMILES string of the molecule is CCCCCCCCC1C=Cc2cc3c(cc21)CC(C)(C)C3.[Hf]. The topological polar surface area (TPSA) is 0 Å². The summed E-state index contributed by atoms with van der Waals surface area (Å²) in [6, 6.07) is 5.03. The van der Waals surface area contributed by atoms with Gasteiger partial charge in [0, 0.05) is 31.8 Å². The van der Waals surface area contributed by atoms with Crippen molar-refractivity contribution in [2.24, 2.45) is 5.41 Å². The summed E-state index contributed by atoms with van der Waals surface area (Å²) in [7, 11) is 0. The average Bonchev–Trinajstić information content (AvgIpc) is 2.98. The molecule has 0 saturated carbocycles. The second-order valence-electron chi connectivity index (χ2n) is 8.29. The molecule has 124 valence electrons. The summed E-state index contributed by atoms with van der Waals surface area (Å²) in [6.45, 7) is 7.10. The van der Waals surface area contributed by atoms with Gasteiger partial charge in [0.05, 0.1) is 0 Å². The molecule has 1 unspecified atom stereocenters. The Bertz CT molecular complexity index is 553. The molecule has 0 amide bonds. The quantitative estimate of drug-likeness (QED) is 0.306. The molecule has 0 spiro atoms. The van der Waals surface area contributed by atoms with E-state index in [-0.39, 0.29) is 25.8 Å². The Hall–Kier alpha value is -0.170. The zero-order valence-corrected chi connectivity index (χ0v) is 18.8. The van der Waals surface area contributed by atoms with Crippen LogP contribution in [0.3, 0.4) is 0 Å². The van der Waals surface area contributed by atoms with Gasteiger partial charge in [0.25, 0.3) is 0 Å². The molecule has 23 heavy (non-hydrogen) atoms. The Kier molecular flexibility index (Phi) is 6.89. The molecule has 1 aromatic carbocycles. The van der Waals surface area contributed by atoms with Gasteiger partial charge in [-0.25, -0.2) is 0 Å². The fourth-order valence-corrected chi connectivity index (χ4v) is 4.34. The van der Waals surface area contributed by atoms with E-state index in [2.05, 4.69) is 45.1 Å². The van der Waals surface area contributed by atoms with Gasteiger partial charge < -0.3 is 0 Å². The van der Waals surface area contributed by atoms with Gasteiger partial charge in [-0.3, -0.25) is 0 Å². The second-order valence-corrected chi connectivity index (χ2v) is 8.29. The minimum absolute atomic E-state index is 0. The Morgan fingerprint density at radius 3 is 2.35 bits per heavy atom. The van der Waals surface area contributed by atoms with E-state index in [4.69, 9.17) is 0 Å². The van der Waals surface area contributed by atoms with Crippen molar-refractivity contribution in [3.8, 4) is 0 Å². The number of hydrogen-bond acceptors (Lipinski definition) is 0. The third kappa shape index (κ3) is 4.68. The van der Waals surface area contributed by atoms with Crippen molar-refractivity contribution in [1.82, 2.24) is 0 Å². The van der Waals surface area contributed by atoms with Crippen LogP contribution < -0.4 is 0 Å². The van der Waals surface area contributed by atoms with Gasteiger partial charge in [-0.15, -0.1) is 0 Å². The Balaban J connectivity index is 0.00000192. The summed E-state index contributed by atoms with van der Waals surface area (Å²) in [4.78, 5) is 0. The van der Waals surface area contributed by atoms with Crippen molar-refractivity contribution in [2.75, 3.05) is 0 Å². The molecule has 2 aliphatic carbocycles. The number of unbranched alkanes of at least 4 members (excludes halogenated alkanes) is 5. The van der Waals surface area contributed by atoms with Crippen LogP contribution in [0.1, 0.15) is 93.9 Å².